The van der Waals surface area contributed by atoms with E-state index >= 15 is 0 Å². The predicted molar refractivity (Wildman–Crippen MR) is 132 cm³/mol. The minimum absolute atomic E-state index is 0.220. The van der Waals surface area contributed by atoms with Gasteiger partial charge in [-0.2, -0.15) is 5.10 Å². The largest absolute Gasteiger partial charge is 0.490 e. The molecule has 34 heavy (non-hydrogen) atoms. The highest BCUT2D eigenvalue weighted by atomic mass is 79.9. The van der Waals surface area contributed by atoms with E-state index in [0.29, 0.717) is 46.1 Å². The molecule has 0 saturated heterocycles. The van der Waals surface area contributed by atoms with E-state index in [-0.39, 0.29) is 6.61 Å². The molecule has 0 bridgehead atoms. The molecule has 176 valence electrons. The molecule has 0 unspecified atom stereocenters. The second kappa shape index (κ2) is 12.4. The molecule has 0 heterocycles. The molecule has 0 radical (unpaired) electrons. The Balaban J connectivity index is 1.62. The van der Waals surface area contributed by atoms with Gasteiger partial charge < -0.3 is 19.9 Å². The van der Waals surface area contributed by atoms with Crippen molar-refractivity contribution in [1.82, 2.24) is 5.43 Å². The molecule has 0 saturated carbocycles. The Kier molecular flexibility index (Phi) is 9.04. The summed E-state index contributed by atoms with van der Waals surface area (Å²) >= 11 is 3.36. The van der Waals surface area contributed by atoms with Crippen LogP contribution in [0.15, 0.2) is 76.3 Å². The van der Waals surface area contributed by atoms with Gasteiger partial charge in [0, 0.05) is 5.56 Å². The lowest BCUT2D eigenvalue weighted by Gasteiger charge is -2.13. The van der Waals surface area contributed by atoms with E-state index in [2.05, 4.69) is 26.5 Å². The van der Waals surface area contributed by atoms with Crippen LogP contribution in [0, 0.1) is 0 Å². The highest BCUT2D eigenvalue weighted by Gasteiger charge is 2.12. The number of benzene rings is 3. The zero-order valence-electron chi connectivity index (χ0n) is 18.5. The van der Waals surface area contributed by atoms with Crippen LogP contribution < -0.4 is 25.4 Å². The van der Waals surface area contributed by atoms with Crippen LogP contribution in [0.3, 0.4) is 0 Å². The Morgan fingerprint density at radius 2 is 1.74 bits per heavy atom. The van der Waals surface area contributed by atoms with Crippen LogP contribution in [0.25, 0.3) is 0 Å². The van der Waals surface area contributed by atoms with E-state index in [9.17, 15) is 9.59 Å². The summed E-state index contributed by atoms with van der Waals surface area (Å²) in [6.07, 6.45) is 1.49. The fourth-order valence-electron chi connectivity index (χ4n) is 2.87. The van der Waals surface area contributed by atoms with E-state index in [1.165, 1.54) is 6.21 Å². The van der Waals surface area contributed by atoms with Gasteiger partial charge in [-0.15, -0.1) is 0 Å². The summed E-state index contributed by atoms with van der Waals surface area (Å²) in [6, 6.07) is 19.9. The summed E-state index contributed by atoms with van der Waals surface area (Å²) in [5.41, 5.74) is 9.69. The van der Waals surface area contributed by atoms with Crippen LogP contribution in [0.2, 0.25) is 0 Å². The van der Waals surface area contributed by atoms with Gasteiger partial charge in [-0.3, -0.25) is 9.59 Å². The molecule has 3 rings (SSSR count). The van der Waals surface area contributed by atoms with E-state index in [1.807, 2.05) is 37.3 Å². The number of primary amides is 1. The minimum atomic E-state index is -0.566. The van der Waals surface area contributed by atoms with Gasteiger partial charge in [0.25, 0.3) is 11.8 Å². The number of hydrogen-bond donors (Lipinski definition) is 2. The molecule has 0 aliphatic rings. The molecule has 8 nitrogen and oxygen atoms in total. The van der Waals surface area contributed by atoms with Gasteiger partial charge in [0.1, 0.15) is 12.4 Å². The van der Waals surface area contributed by atoms with E-state index in [1.54, 1.807) is 36.4 Å². The summed E-state index contributed by atoms with van der Waals surface area (Å²) in [4.78, 5) is 23.4. The van der Waals surface area contributed by atoms with Crippen molar-refractivity contribution in [2.75, 3.05) is 13.2 Å². The molecule has 2 amide bonds. The maximum Gasteiger partial charge on any atom is 0.271 e. The predicted octanol–water partition coefficient (Wildman–Crippen LogP) is 4.05. The number of nitrogens with one attached hydrogen (secondary N) is 1. The van der Waals surface area contributed by atoms with Crippen molar-refractivity contribution >= 4 is 34.0 Å². The topological polar surface area (TPSA) is 112 Å². The van der Waals surface area contributed by atoms with Gasteiger partial charge in [0.05, 0.1) is 17.3 Å². The molecule has 9 heteroatoms. The summed E-state index contributed by atoms with van der Waals surface area (Å²) in [5, 5.41) is 4.00. The van der Waals surface area contributed by atoms with Gasteiger partial charge in [-0.1, -0.05) is 30.3 Å². The third kappa shape index (κ3) is 7.35. The number of amides is 2. The average Bonchev–Trinajstić information content (AvgIpc) is 2.83. The third-order valence-corrected chi connectivity index (χ3v) is 5.07. The number of nitrogens with two attached hydrogens (primary N) is 1. The Labute approximate surface area is 205 Å². The standard InChI is InChI=1S/C25H24BrN3O5/c1-2-32-23-13-19(9-11-22(23)33-15-17-6-4-3-5-7-17)25(31)29-28-14-18-8-10-21(20(26)12-18)34-16-24(27)30/h3-14H,2,15-16H2,1H3,(H2,27,30)(H,29,31)/b28-14+. The van der Waals surface area contributed by atoms with Gasteiger partial charge in [-0.25, -0.2) is 5.43 Å². The van der Waals surface area contributed by atoms with E-state index in [4.69, 9.17) is 19.9 Å². The van der Waals surface area contributed by atoms with Crippen LogP contribution in [-0.4, -0.2) is 31.2 Å². The summed E-state index contributed by atoms with van der Waals surface area (Å²) in [6.45, 7) is 2.46. The molecule has 3 aromatic rings. The lowest BCUT2D eigenvalue weighted by Crippen LogP contribution is -2.20. The minimum Gasteiger partial charge on any atom is -0.490 e. The first-order chi connectivity index (χ1) is 16.5. The van der Waals surface area contributed by atoms with E-state index in [0.717, 1.165) is 5.56 Å². The van der Waals surface area contributed by atoms with Crippen molar-refractivity contribution < 1.29 is 23.8 Å². The zero-order chi connectivity index (χ0) is 24.3. The van der Waals surface area contributed by atoms with Crippen molar-refractivity contribution in [2.45, 2.75) is 13.5 Å². The van der Waals surface area contributed by atoms with Crippen molar-refractivity contribution in [3.63, 3.8) is 0 Å². The monoisotopic (exact) mass is 525 g/mol. The second-order valence-electron chi connectivity index (χ2n) is 7.01. The Bertz CT molecular complexity index is 1170. The van der Waals surface area contributed by atoms with Gasteiger partial charge in [0.15, 0.2) is 18.1 Å². The van der Waals surface area contributed by atoms with Crippen molar-refractivity contribution in [1.29, 1.82) is 0 Å². The SMILES string of the molecule is CCOc1cc(C(=O)N/N=C/c2ccc(OCC(N)=O)c(Br)c2)ccc1OCc1ccccc1. The maximum atomic E-state index is 12.6. The molecule has 0 fully saturated rings. The smallest absolute Gasteiger partial charge is 0.271 e. The highest BCUT2D eigenvalue weighted by Crippen LogP contribution is 2.29. The number of hydrogen-bond acceptors (Lipinski definition) is 6. The number of carbonyl (C=O) groups is 2. The summed E-state index contributed by atoms with van der Waals surface area (Å²) < 4.78 is 17.4. The first-order valence-corrected chi connectivity index (χ1v) is 11.2. The highest BCUT2D eigenvalue weighted by molar-refractivity contribution is 9.10. The van der Waals surface area contributed by atoms with Gasteiger partial charge in [0.2, 0.25) is 0 Å². The first kappa shape index (κ1) is 24.8. The maximum absolute atomic E-state index is 12.6. The van der Waals surface area contributed by atoms with Crippen LogP contribution in [-0.2, 0) is 11.4 Å². The molecule has 0 aliphatic carbocycles. The van der Waals surface area contributed by atoms with Gasteiger partial charge in [-0.05, 0) is 70.4 Å². The van der Waals surface area contributed by atoms with Crippen molar-refractivity contribution in [3.05, 3.63) is 87.9 Å². The molecule has 0 aliphatic heterocycles. The fraction of sp³-hybridized carbons (Fsp3) is 0.160. The lowest BCUT2D eigenvalue weighted by atomic mass is 10.2. The Morgan fingerprint density at radius 1 is 0.971 bits per heavy atom. The zero-order valence-corrected chi connectivity index (χ0v) is 20.1. The number of halogens is 1. The van der Waals surface area contributed by atoms with Crippen molar-refractivity contribution in [2.24, 2.45) is 10.8 Å². The van der Waals surface area contributed by atoms with Crippen LogP contribution >= 0.6 is 15.9 Å². The van der Waals surface area contributed by atoms with Crippen molar-refractivity contribution in [3.8, 4) is 17.2 Å². The number of nitrogens with zero attached hydrogens (tertiary/aromatic N) is 1. The van der Waals surface area contributed by atoms with Gasteiger partial charge >= 0.3 is 0 Å². The average molecular weight is 526 g/mol. The summed E-state index contributed by atoms with van der Waals surface area (Å²) in [7, 11) is 0. The molecule has 3 N–H and O–H groups in total. The summed E-state index contributed by atoms with van der Waals surface area (Å²) in [5.74, 6) is 0.536. The quantitative estimate of drug-likeness (QED) is 0.289. The molecule has 0 spiro atoms. The fourth-order valence-corrected chi connectivity index (χ4v) is 3.38. The molecule has 3 aromatic carbocycles. The van der Waals surface area contributed by atoms with Crippen LogP contribution in [0.4, 0.5) is 0 Å². The number of hydrazone groups is 1. The first-order valence-electron chi connectivity index (χ1n) is 10.4. The molecule has 0 atom stereocenters. The second-order valence-corrected chi connectivity index (χ2v) is 7.87. The van der Waals surface area contributed by atoms with Crippen LogP contribution in [0.5, 0.6) is 17.2 Å². The molecular weight excluding hydrogens is 502 g/mol. The Hall–Kier alpha value is -3.85. The van der Waals surface area contributed by atoms with E-state index < -0.39 is 11.8 Å². The lowest BCUT2D eigenvalue weighted by molar-refractivity contribution is -0.119. The number of carbonyl (C=O) groups excluding carboxylic acids is 2. The van der Waals surface area contributed by atoms with Crippen LogP contribution in [0.1, 0.15) is 28.4 Å². The molecule has 0 aromatic heterocycles. The third-order valence-electron chi connectivity index (χ3n) is 4.45. The molecular formula is C25H24BrN3O5. The number of rotatable bonds is 11. The normalized spacial score (nSPS) is 10.6. The Morgan fingerprint density at radius 3 is 2.44 bits per heavy atom. The number of ether oxygens (including phenoxy) is 3.